The molecule has 0 bridgehead atoms. The van der Waals surface area contributed by atoms with Gasteiger partial charge in [0.15, 0.2) is 5.69 Å². The molecule has 0 saturated carbocycles. The van der Waals surface area contributed by atoms with Gasteiger partial charge in [-0.1, -0.05) is 17.3 Å². The maximum absolute atomic E-state index is 13.4. The van der Waals surface area contributed by atoms with Gasteiger partial charge in [-0.3, -0.25) is 4.79 Å². The molecule has 0 fully saturated rings. The van der Waals surface area contributed by atoms with Crippen LogP contribution in [0, 0.1) is 12.7 Å². The van der Waals surface area contributed by atoms with Crippen molar-refractivity contribution in [3.63, 3.8) is 0 Å². The first-order valence-corrected chi connectivity index (χ1v) is 5.67. The minimum Gasteiger partial charge on any atom is -0.476 e. The number of nitrogens with zero attached hydrogens (tertiary/aromatic N) is 3. The summed E-state index contributed by atoms with van der Waals surface area (Å²) < 4.78 is 14.5. The average molecular weight is 278 g/mol. The van der Waals surface area contributed by atoms with Crippen molar-refractivity contribution in [2.75, 3.05) is 5.32 Å². The van der Waals surface area contributed by atoms with Crippen molar-refractivity contribution in [2.24, 2.45) is 0 Å². The maximum Gasteiger partial charge on any atom is 0.358 e. The summed E-state index contributed by atoms with van der Waals surface area (Å²) >= 11 is 0. The number of aromatic nitrogens is 3. The van der Waals surface area contributed by atoms with Gasteiger partial charge in [0.05, 0.1) is 11.4 Å². The minimum atomic E-state index is -1.22. The molecule has 7 nitrogen and oxygen atoms in total. The van der Waals surface area contributed by atoms with Crippen LogP contribution in [0.25, 0.3) is 0 Å². The number of carboxylic acid groups (broad SMARTS) is 1. The van der Waals surface area contributed by atoms with Crippen LogP contribution >= 0.6 is 0 Å². The molecule has 2 aromatic rings. The Bertz CT molecular complexity index is 668. The zero-order valence-corrected chi connectivity index (χ0v) is 10.5. The first-order chi connectivity index (χ1) is 9.49. The fourth-order valence-electron chi connectivity index (χ4n) is 1.60. The third-order valence-electron chi connectivity index (χ3n) is 2.63. The molecule has 0 aliphatic heterocycles. The number of carboxylic acids is 1. The largest absolute Gasteiger partial charge is 0.476 e. The Morgan fingerprint density at radius 1 is 1.40 bits per heavy atom. The van der Waals surface area contributed by atoms with Crippen LogP contribution < -0.4 is 5.32 Å². The Labute approximate surface area is 113 Å². The van der Waals surface area contributed by atoms with Crippen molar-refractivity contribution in [2.45, 2.75) is 13.5 Å². The molecule has 0 spiro atoms. The highest BCUT2D eigenvalue weighted by molar-refractivity contribution is 5.91. The second-order valence-electron chi connectivity index (χ2n) is 4.01. The van der Waals surface area contributed by atoms with Crippen molar-refractivity contribution < 1.29 is 19.1 Å². The van der Waals surface area contributed by atoms with Crippen molar-refractivity contribution in [3.8, 4) is 0 Å². The van der Waals surface area contributed by atoms with Gasteiger partial charge < -0.3 is 10.4 Å². The highest BCUT2D eigenvalue weighted by Crippen LogP contribution is 2.12. The Balaban J connectivity index is 2.09. The molecular weight excluding hydrogens is 267 g/mol. The summed E-state index contributed by atoms with van der Waals surface area (Å²) in [6.07, 6.45) is 0. The van der Waals surface area contributed by atoms with E-state index in [0.717, 1.165) is 4.68 Å². The molecule has 0 aliphatic carbocycles. The van der Waals surface area contributed by atoms with E-state index in [-0.39, 0.29) is 23.6 Å². The Kier molecular flexibility index (Phi) is 3.74. The monoisotopic (exact) mass is 278 g/mol. The number of nitrogens with one attached hydrogen (secondary N) is 1. The summed E-state index contributed by atoms with van der Waals surface area (Å²) in [4.78, 5) is 22.5. The lowest BCUT2D eigenvalue weighted by Crippen LogP contribution is -2.21. The zero-order chi connectivity index (χ0) is 14.7. The first kappa shape index (κ1) is 13.7. The van der Waals surface area contributed by atoms with Crippen molar-refractivity contribution in [3.05, 3.63) is 41.5 Å². The summed E-state index contributed by atoms with van der Waals surface area (Å²) in [6.45, 7) is 1.24. The Hall–Kier alpha value is -2.77. The van der Waals surface area contributed by atoms with Gasteiger partial charge in [0.1, 0.15) is 12.4 Å². The molecule has 2 N–H and O–H groups in total. The van der Waals surface area contributed by atoms with Gasteiger partial charge in [-0.05, 0) is 19.1 Å². The van der Waals surface area contributed by atoms with Crippen molar-refractivity contribution >= 4 is 17.6 Å². The van der Waals surface area contributed by atoms with Gasteiger partial charge in [-0.2, -0.15) is 0 Å². The summed E-state index contributed by atoms with van der Waals surface area (Å²) in [5, 5.41) is 18.2. The summed E-state index contributed by atoms with van der Waals surface area (Å²) in [7, 11) is 0. The van der Waals surface area contributed by atoms with Crippen LogP contribution in [-0.2, 0) is 11.3 Å². The number of benzene rings is 1. The average Bonchev–Trinajstić information content (AvgIpc) is 2.74. The van der Waals surface area contributed by atoms with Gasteiger partial charge in [-0.25, -0.2) is 13.9 Å². The van der Waals surface area contributed by atoms with E-state index in [1.54, 1.807) is 6.07 Å². The predicted octanol–water partition coefficient (Wildman–Crippen LogP) is 1.06. The van der Waals surface area contributed by atoms with Crippen molar-refractivity contribution in [1.82, 2.24) is 15.0 Å². The molecule has 0 unspecified atom stereocenters. The van der Waals surface area contributed by atoms with Crippen LogP contribution in [0.4, 0.5) is 10.1 Å². The van der Waals surface area contributed by atoms with Gasteiger partial charge in [-0.15, -0.1) is 5.10 Å². The van der Waals surface area contributed by atoms with Crippen LogP contribution in [0.3, 0.4) is 0 Å². The molecule has 8 heteroatoms. The molecule has 0 saturated heterocycles. The van der Waals surface area contributed by atoms with Crippen LogP contribution in [0.1, 0.15) is 16.2 Å². The number of para-hydroxylation sites is 1. The third kappa shape index (κ3) is 2.79. The van der Waals surface area contributed by atoms with E-state index in [1.807, 2.05) is 0 Å². The fraction of sp³-hybridized carbons (Fsp3) is 0.167. The van der Waals surface area contributed by atoms with Crippen LogP contribution in [0.5, 0.6) is 0 Å². The highest BCUT2D eigenvalue weighted by atomic mass is 19.1. The van der Waals surface area contributed by atoms with Crippen LogP contribution in [-0.4, -0.2) is 32.0 Å². The number of amides is 1. The highest BCUT2D eigenvalue weighted by Gasteiger charge is 2.17. The van der Waals surface area contributed by atoms with Gasteiger partial charge in [0.25, 0.3) is 0 Å². The molecule has 0 atom stereocenters. The van der Waals surface area contributed by atoms with E-state index in [4.69, 9.17) is 5.11 Å². The molecule has 1 aromatic heterocycles. The van der Waals surface area contributed by atoms with E-state index >= 15 is 0 Å². The fourth-order valence-corrected chi connectivity index (χ4v) is 1.60. The summed E-state index contributed by atoms with van der Waals surface area (Å²) in [5.41, 5.74) is 0.0820. The Morgan fingerprint density at radius 3 is 2.70 bits per heavy atom. The zero-order valence-electron chi connectivity index (χ0n) is 10.5. The topological polar surface area (TPSA) is 97.1 Å². The molecule has 0 radical (unpaired) electrons. The number of rotatable bonds is 4. The van der Waals surface area contributed by atoms with E-state index in [2.05, 4.69) is 15.6 Å². The van der Waals surface area contributed by atoms with Gasteiger partial charge >= 0.3 is 5.97 Å². The maximum atomic E-state index is 13.4. The van der Waals surface area contributed by atoms with Gasteiger partial charge in [0, 0.05) is 0 Å². The van der Waals surface area contributed by atoms with E-state index < -0.39 is 17.7 Å². The number of anilines is 1. The number of hydrogen-bond acceptors (Lipinski definition) is 4. The molecule has 2 rings (SSSR count). The Morgan fingerprint density at radius 2 is 2.10 bits per heavy atom. The van der Waals surface area contributed by atoms with E-state index in [1.165, 1.54) is 25.1 Å². The number of hydrogen-bond donors (Lipinski definition) is 2. The van der Waals surface area contributed by atoms with E-state index in [0.29, 0.717) is 0 Å². The van der Waals surface area contributed by atoms with Crippen LogP contribution in [0.15, 0.2) is 24.3 Å². The molecule has 0 aliphatic rings. The number of aromatic carboxylic acids is 1. The SMILES string of the molecule is Cc1c(C(=O)O)nnn1CC(=O)Nc1ccccc1F. The third-order valence-corrected chi connectivity index (χ3v) is 2.63. The quantitative estimate of drug-likeness (QED) is 0.871. The molecule has 1 aromatic carbocycles. The van der Waals surface area contributed by atoms with Crippen LogP contribution in [0.2, 0.25) is 0 Å². The standard InChI is InChI=1S/C12H11FN4O3/c1-7-11(12(19)20)15-16-17(7)6-10(18)14-9-5-3-2-4-8(9)13/h2-5H,6H2,1H3,(H,14,18)(H,19,20). The lowest BCUT2D eigenvalue weighted by molar-refractivity contribution is -0.117. The predicted molar refractivity (Wildman–Crippen MR) is 66.7 cm³/mol. The lowest BCUT2D eigenvalue weighted by atomic mass is 10.3. The number of carbonyl (C=O) groups is 2. The normalized spacial score (nSPS) is 10.3. The molecule has 20 heavy (non-hydrogen) atoms. The molecule has 1 amide bonds. The smallest absolute Gasteiger partial charge is 0.358 e. The van der Waals surface area contributed by atoms with E-state index in [9.17, 15) is 14.0 Å². The second-order valence-corrected chi connectivity index (χ2v) is 4.01. The molecule has 1 heterocycles. The summed E-state index contributed by atoms with van der Waals surface area (Å²) in [5.74, 6) is -2.30. The molecule has 104 valence electrons. The van der Waals surface area contributed by atoms with Gasteiger partial charge in [0.2, 0.25) is 5.91 Å². The lowest BCUT2D eigenvalue weighted by Gasteiger charge is -2.06. The summed E-state index contributed by atoms with van der Waals surface area (Å²) in [6, 6.07) is 5.73. The number of halogens is 1. The minimum absolute atomic E-state index is 0.0497. The first-order valence-electron chi connectivity index (χ1n) is 5.67. The molecular formula is C12H11FN4O3. The number of carbonyl (C=O) groups excluding carboxylic acids is 1. The van der Waals surface area contributed by atoms with Crippen molar-refractivity contribution in [1.29, 1.82) is 0 Å². The second kappa shape index (κ2) is 5.47.